The van der Waals surface area contributed by atoms with Crippen molar-refractivity contribution in [3.8, 4) is 17.2 Å². The topological polar surface area (TPSA) is 47.6 Å². The lowest BCUT2D eigenvalue weighted by atomic mass is 10.1. The maximum Gasteiger partial charge on any atom is 0.229 e. The van der Waals surface area contributed by atoms with Gasteiger partial charge < -0.3 is 14.8 Å². The molecule has 3 aromatic carbocycles. The first-order valence-electron chi connectivity index (χ1n) is 8.41. The molecule has 0 fully saturated rings. The third-order valence-corrected chi connectivity index (χ3v) is 3.92. The van der Waals surface area contributed by atoms with Gasteiger partial charge in [0.05, 0.1) is 19.2 Å². The lowest BCUT2D eigenvalue weighted by Gasteiger charge is -2.13. The van der Waals surface area contributed by atoms with Crippen LogP contribution in [0.2, 0.25) is 0 Å². The van der Waals surface area contributed by atoms with Crippen LogP contribution in [0.25, 0.3) is 0 Å². The van der Waals surface area contributed by atoms with Gasteiger partial charge >= 0.3 is 0 Å². The van der Waals surface area contributed by atoms with Gasteiger partial charge in [-0.3, -0.25) is 4.79 Å². The number of hydrogen-bond donors (Lipinski definition) is 1. The van der Waals surface area contributed by atoms with Crippen LogP contribution in [0.15, 0.2) is 72.8 Å². The van der Waals surface area contributed by atoms with Gasteiger partial charge in [-0.2, -0.15) is 0 Å². The number of anilines is 1. The Morgan fingerprint density at radius 3 is 2.42 bits per heavy atom. The molecule has 132 valence electrons. The highest BCUT2D eigenvalue weighted by molar-refractivity contribution is 5.94. The Balaban J connectivity index is 1.74. The molecule has 0 bridgehead atoms. The Morgan fingerprint density at radius 1 is 0.923 bits per heavy atom. The van der Waals surface area contributed by atoms with Crippen LogP contribution < -0.4 is 14.8 Å². The van der Waals surface area contributed by atoms with Crippen LogP contribution in [0.5, 0.6) is 17.2 Å². The number of nitrogens with one attached hydrogen (secondary N) is 1. The van der Waals surface area contributed by atoms with E-state index in [-0.39, 0.29) is 12.3 Å². The van der Waals surface area contributed by atoms with Crippen LogP contribution in [-0.2, 0) is 11.2 Å². The summed E-state index contributed by atoms with van der Waals surface area (Å²) in [5.74, 6) is 1.91. The number of para-hydroxylation sites is 3. The fourth-order valence-electron chi connectivity index (χ4n) is 2.68. The van der Waals surface area contributed by atoms with Gasteiger partial charge in [0, 0.05) is 5.56 Å². The van der Waals surface area contributed by atoms with Gasteiger partial charge in [-0.15, -0.1) is 0 Å². The van der Waals surface area contributed by atoms with Gasteiger partial charge in [0.2, 0.25) is 5.91 Å². The molecule has 0 aliphatic rings. The number of ether oxygens (including phenoxy) is 2. The zero-order chi connectivity index (χ0) is 18.4. The molecule has 0 spiro atoms. The van der Waals surface area contributed by atoms with E-state index in [1.807, 2.05) is 79.7 Å². The minimum absolute atomic E-state index is 0.130. The minimum Gasteiger partial charge on any atom is -0.496 e. The zero-order valence-electron chi connectivity index (χ0n) is 14.9. The van der Waals surface area contributed by atoms with Gasteiger partial charge in [0.15, 0.2) is 5.75 Å². The molecule has 4 heteroatoms. The van der Waals surface area contributed by atoms with E-state index in [1.54, 1.807) is 7.11 Å². The van der Waals surface area contributed by atoms with E-state index in [2.05, 4.69) is 5.32 Å². The molecule has 4 nitrogen and oxygen atoms in total. The lowest BCUT2D eigenvalue weighted by Crippen LogP contribution is -2.15. The van der Waals surface area contributed by atoms with Crippen LogP contribution in [0.4, 0.5) is 5.69 Å². The molecule has 0 aromatic heterocycles. The van der Waals surface area contributed by atoms with Crippen molar-refractivity contribution < 1.29 is 14.3 Å². The third-order valence-electron chi connectivity index (χ3n) is 3.92. The average Bonchev–Trinajstić information content (AvgIpc) is 2.64. The average molecular weight is 347 g/mol. The van der Waals surface area contributed by atoms with E-state index in [4.69, 9.17) is 9.47 Å². The number of amides is 1. The number of carbonyl (C=O) groups is 1. The largest absolute Gasteiger partial charge is 0.496 e. The highest BCUT2D eigenvalue weighted by Gasteiger charge is 2.11. The van der Waals surface area contributed by atoms with Crippen molar-refractivity contribution >= 4 is 11.6 Å². The molecule has 0 unspecified atom stereocenters. The molecule has 0 heterocycles. The van der Waals surface area contributed by atoms with Gasteiger partial charge in [-0.25, -0.2) is 0 Å². The van der Waals surface area contributed by atoms with Gasteiger partial charge in [-0.05, 0) is 42.8 Å². The van der Waals surface area contributed by atoms with Crippen molar-refractivity contribution in [1.82, 2.24) is 0 Å². The minimum atomic E-state index is -0.130. The number of rotatable bonds is 6. The predicted octanol–water partition coefficient (Wildman–Crippen LogP) is 4.98. The molecule has 3 rings (SSSR count). The number of carbonyl (C=O) groups excluding carboxylic acids is 1. The Hall–Kier alpha value is -3.27. The van der Waals surface area contributed by atoms with Crippen molar-refractivity contribution in [2.75, 3.05) is 12.4 Å². The number of aryl methyl sites for hydroxylation is 1. The third kappa shape index (κ3) is 4.42. The zero-order valence-corrected chi connectivity index (χ0v) is 14.9. The van der Waals surface area contributed by atoms with Crippen molar-refractivity contribution in [2.24, 2.45) is 0 Å². The summed E-state index contributed by atoms with van der Waals surface area (Å²) >= 11 is 0. The van der Waals surface area contributed by atoms with E-state index in [9.17, 15) is 4.79 Å². The van der Waals surface area contributed by atoms with Crippen molar-refractivity contribution in [1.29, 1.82) is 0 Å². The highest BCUT2D eigenvalue weighted by Crippen LogP contribution is 2.30. The van der Waals surface area contributed by atoms with Crippen molar-refractivity contribution in [3.05, 3.63) is 83.9 Å². The van der Waals surface area contributed by atoms with E-state index >= 15 is 0 Å². The van der Waals surface area contributed by atoms with Crippen LogP contribution in [-0.4, -0.2) is 13.0 Å². The van der Waals surface area contributed by atoms with Crippen LogP contribution in [0.3, 0.4) is 0 Å². The van der Waals surface area contributed by atoms with Gasteiger partial charge in [0.25, 0.3) is 0 Å². The Labute approximate surface area is 153 Å². The van der Waals surface area contributed by atoms with Crippen LogP contribution in [0, 0.1) is 6.92 Å². The molecule has 1 N–H and O–H groups in total. The molecule has 0 saturated carbocycles. The Kier molecular flexibility index (Phi) is 5.54. The molecule has 1 amide bonds. The predicted molar refractivity (Wildman–Crippen MR) is 103 cm³/mol. The smallest absolute Gasteiger partial charge is 0.229 e. The maximum absolute atomic E-state index is 12.5. The van der Waals surface area contributed by atoms with Crippen LogP contribution >= 0.6 is 0 Å². The molecule has 0 saturated heterocycles. The molecular weight excluding hydrogens is 326 g/mol. The summed E-state index contributed by atoms with van der Waals surface area (Å²) in [4.78, 5) is 12.5. The summed E-state index contributed by atoms with van der Waals surface area (Å²) < 4.78 is 11.3. The fourth-order valence-corrected chi connectivity index (χ4v) is 2.68. The summed E-state index contributed by atoms with van der Waals surface area (Å²) in [5, 5.41) is 2.93. The molecule has 0 atom stereocenters. The van der Waals surface area contributed by atoms with E-state index in [1.165, 1.54) is 0 Å². The first kappa shape index (κ1) is 17.5. The monoisotopic (exact) mass is 347 g/mol. The summed E-state index contributed by atoms with van der Waals surface area (Å²) in [7, 11) is 1.60. The van der Waals surface area contributed by atoms with E-state index in [0.29, 0.717) is 17.2 Å². The molecule has 0 radical (unpaired) electrons. The summed E-state index contributed by atoms with van der Waals surface area (Å²) in [6.45, 7) is 2.01. The van der Waals surface area contributed by atoms with E-state index < -0.39 is 0 Å². The van der Waals surface area contributed by atoms with E-state index in [0.717, 1.165) is 16.9 Å². The standard InChI is InChI=1S/C22H21NO3/c1-16-8-7-10-18(14-16)26-21-13-6-4-11-19(21)23-22(24)15-17-9-3-5-12-20(17)25-2/h3-14H,15H2,1-2H3,(H,23,24). The van der Waals surface area contributed by atoms with Gasteiger partial charge in [-0.1, -0.05) is 42.5 Å². The summed E-state index contributed by atoms with van der Waals surface area (Å²) in [5.41, 5.74) is 2.58. The normalized spacial score (nSPS) is 10.2. The molecule has 3 aromatic rings. The Bertz CT molecular complexity index is 905. The summed E-state index contributed by atoms with van der Waals surface area (Å²) in [6.07, 6.45) is 0.225. The highest BCUT2D eigenvalue weighted by atomic mass is 16.5. The second-order valence-corrected chi connectivity index (χ2v) is 5.95. The van der Waals surface area contributed by atoms with Crippen molar-refractivity contribution in [2.45, 2.75) is 13.3 Å². The fraction of sp³-hybridized carbons (Fsp3) is 0.136. The molecule has 0 aliphatic heterocycles. The number of hydrogen-bond acceptors (Lipinski definition) is 3. The quantitative estimate of drug-likeness (QED) is 0.684. The lowest BCUT2D eigenvalue weighted by molar-refractivity contribution is -0.115. The molecular formula is C22H21NO3. The van der Waals surface area contributed by atoms with Crippen LogP contribution in [0.1, 0.15) is 11.1 Å². The SMILES string of the molecule is COc1ccccc1CC(=O)Nc1ccccc1Oc1cccc(C)c1. The summed E-state index contributed by atoms with van der Waals surface area (Å²) in [6, 6.07) is 22.7. The first-order chi connectivity index (χ1) is 12.7. The number of benzene rings is 3. The second-order valence-electron chi connectivity index (χ2n) is 5.95. The number of methoxy groups -OCH3 is 1. The van der Waals surface area contributed by atoms with Crippen molar-refractivity contribution in [3.63, 3.8) is 0 Å². The first-order valence-corrected chi connectivity index (χ1v) is 8.41. The Morgan fingerprint density at radius 2 is 1.65 bits per heavy atom. The second kappa shape index (κ2) is 8.21. The van der Waals surface area contributed by atoms with Gasteiger partial charge in [0.1, 0.15) is 11.5 Å². The maximum atomic E-state index is 12.5. The molecule has 0 aliphatic carbocycles. The molecule has 26 heavy (non-hydrogen) atoms.